The summed E-state index contributed by atoms with van der Waals surface area (Å²) >= 11 is 0. The zero-order chi connectivity index (χ0) is 15.8. The molecule has 1 fully saturated rings. The summed E-state index contributed by atoms with van der Waals surface area (Å²) in [5, 5.41) is 0. The zero-order valence-corrected chi connectivity index (χ0v) is 13.1. The minimum absolute atomic E-state index is 0.0385. The molecule has 2 rings (SSSR count). The average Bonchev–Trinajstić information content (AvgIpc) is 2.75. The van der Waals surface area contributed by atoms with Crippen molar-refractivity contribution in [3.8, 4) is 0 Å². The van der Waals surface area contributed by atoms with Crippen LogP contribution in [0.15, 0.2) is 10.5 Å². The lowest BCUT2D eigenvalue weighted by atomic mass is 10.0. The van der Waals surface area contributed by atoms with E-state index in [-0.39, 0.29) is 11.8 Å². The third kappa shape index (κ3) is 3.26. The second-order valence-corrected chi connectivity index (χ2v) is 6.13. The number of nitrogens with two attached hydrogens (primary N) is 1. The van der Waals surface area contributed by atoms with E-state index in [1.807, 2.05) is 6.92 Å². The van der Waals surface area contributed by atoms with Gasteiger partial charge in [0.2, 0.25) is 5.91 Å². The molecule has 1 saturated heterocycles. The summed E-state index contributed by atoms with van der Waals surface area (Å²) in [5.74, 6) is 1.25. The maximum atomic E-state index is 12.4. The number of carbonyl (C=O) groups is 2. The van der Waals surface area contributed by atoms with E-state index in [2.05, 4.69) is 0 Å². The van der Waals surface area contributed by atoms with Crippen LogP contribution in [0.1, 0.15) is 35.7 Å². The number of carbonyl (C=O) groups excluding carboxylic acids is 2. The normalized spacial score (nSPS) is 16.2. The van der Waals surface area contributed by atoms with Gasteiger partial charge in [-0.15, -0.1) is 0 Å². The predicted molar refractivity (Wildman–Crippen MR) is 78.9 cm³/mol. The van der Waals surface area contributed by atoms with Gasteiger partial charge in [0.05, 0.1) is 11.1 Å². The second kappa shape index (κ2) is 5.52. The fraction of sp³-hybridized carbons (Fsp3) is 0.600. The Bertz CT molecular complexity index is 549. The van der Waals surface area contributed by atoms with Gasteiger partial charge in [0, 0.05) is 26.2 Å². The second-order valence-electron chi connectivity index (χ2n) is 6.13. The van der Waals surface area contributed by atoms with Crippen molar-refractivity contribution in [3.63, 3.8) is 0 Å². The Morgan fingerprint density at radius 3 is 2.10 bits per heavy atom. The van der Waals surface area contributed by atoms with E-state index >= 15 is 0 Å². The van der Waals surface area contributed by atoms with E-state index in [0.29, 0.717) is 37.5 Å². The van der Waals surface area contributed by atoms with E-state index in [9.17, 15) is 9.59 Å². The molecule has 6 heteroatoms. The topological polar surface area (TPSA) is 79.8 Å². The molecular weight excluding hydrogens is 270 g/mol. The molecule has 21 heavy (non-hydrogen) atoms. The molecule has 6 nitrogen and oxygen atoms in total. The van der Waals surface area contributed by atoms with Gasteiger partial charge in [0.1, 0.15) is 11.5 Å². The molecule has 2 amide bonds. The van der Waals surface area contributed by atoms with Crippen molar-refractivity contribution in [1.29, 1.82) is 0 Å². The van der Waals surface area contributed by atoms with E-state index in [1.165, 1.54) is 0 Å². The van der Waals surface area contributed by atoms with Gasteiger partial charge in [0.15, 0.2) is 0 Å². The molecule has 2 heterocycles. The molecule has 0 aliphatic carbocycles. The van der Waals surface area contributed by atoms with E-state index in [0.717, 1.165) is 5.76 Å². The molecule has 1 aliphatic heterocycles. The molecule has 2 N–H and O–H groups in total. The van der Waals surface area contributed by atoms with Crippen molar-refractivity contribution in [1.82, 2.24) is 9.80 Å². The van der Waals surface area contributed by atoms with Crippen LogP contribution in [0.25, 0.3) is 0 Å². The summed E-state index contributed by atoms with van der Waals surface area (Å²) in [6.07, 6.45) is 0. The lowest BCUT2D eigenvalue weighted by molar-refractivity contribution is -0.137. The molecule has 0 bridgehead atoms. The fourth-order valence-corrected chi connectivity index (χ4v) is 2.53. The Labute approximate surface area is 124 Å². The van der Waals surface area contributed by atoms with Crippen LogP contribution in [0.5, 0.6) is 0 Å². The summed E-state index contributed by atoms with van der Waals surface area (Å²) in [6.45, 7) is 9.08. The predicted octanol–water partition coefficient (Wildman–Crippen LogP) is 0.918. The number of nitrogens with zero attached hydrogens (tertiary/aromatic N) is 2. The first-order valence-electron chi connectivity index (χ1n) is 7.14. The number of furan rings is 1. The van der Waals surface area contributed by atoms with Gasteiger partial charge in [-0.3, -0.25) is 9.59 Å². The van der Waals surface area contributed by atoms with E-state index < -0.39 is 5.54 Å². The molecule has 116 valence electrons. The van der Waals surface area contributed by atoms with Gasteiger partial charge in [-0.2, -0.15) is 0 Å². The first-order valence-corrected chi connectivity index (χ1v) is 7.14. The van der Waals surface area contributed by atoms with Crippen molar-refractivity contribution in [2.24, 2.45) is 5.73 Å². The summed E-state index contributed by atoms with van der Waals surface area (Å²) in [7, 11) is 0. The van der Waals surface area contributed by atoms with Crippen LogP contribution in [0.4, 0.5) is 0 Å². The highest BCUT2D eigenvalue weighted by atomic mass is 16.3. The van der Waals surface area contributed by atoms with Crippen molar-refractivity contribution in [2.45, 2.75) is 33.2 Å². The summed E-state index contributed by atoms with van der Waals surface area (Å²) < 4.78 is 5.40. The molecular formula is C15H23N3O3. The first kappa shape index (κ1) is 15.6. The standard InChI is InChI=1S/C15H23N3O3/c1-10-9-12(11(2)21-10)13(19)17-5-7-18(8-6-17)14(20)15(3,4)16/h9H,5-8,16H2,1-4H3. The van der Waals surface area contributed by atoms with Crippen LogP contribution in [0.3, 0.4) is 0 Å². The minimum Gasteiger partial charge on any atom is -0.466 e. The third-order valence-electron chi connectivity index (χ3n) is 3.68. The highest BCUT2D eigenvalue weighted by Crippen LogP contribution is 2.17. The quantitative estimate of drug-likeness (QED) is 0.879. The first-order chi connectivity index (χ1) is 9.70. The van der Waals surface area contributed by atoms with Crippen LogP contribution in [-0.2, 0) is 4.79 Å². The monoisotopic (exact) mass is 293 g/mol. The smallest absolute Gasteiger partial charge is 0.257 e. The number of hydrogen-bond acceptors (Lipinski definition) is 4. The summed E-state index contributed by atoms with van der Waals surface area (Å²) in [4.78, 5) is 28.0. The fourth-order valence-electron chi connectivity index (χ4n) is 2.53. The van der Waals surface area contributed by atoms with Crippen molar-refractivity contribution >= 4 is 11.8 Å². The summed E-state index contributed by atoms with van der Waals surface area (Å²) in [6, 6.07) is 1.76. The Kier molecular flexibility index (Phi) is 4.09. The largest absolute Gasteiger partial charge is 0.466 e. The van der Waals surface area contributed by atoms with E-state index in [4.69, 9.17) is 10.2 Å². The Morgan fingerprint density at radius 2 is 1.67 bits per heavy atom. The van der Waals surface area contributed by atoms with Crippen LogP contribution in [0.2, 0.25) is 0 Å². The SMILES string of the molecule is Cc1cc(C(=O)N2CCN(C(=O)C(C)(C)N)CC2)c(C)o1. The molecule has 0 aromatic carbocycles. The molecule has 0 spiro atoms. The number of rotatable bonds is 2. The zero-order valence-electron chi connectivity index (χ0n) is 13.1. The van der Waals surface area contributed by atoms with Crippen molar-refractivity contribution in [2.75, 3.05) is 26.2 Å². The Balaban J connectivity index is 2.00. The van der Waals surface area contributed by atoms with Crippen molar-refractivity contribution in [3.05, 3.63) is 23.2 Å². The van der Waals surface area contributed by atoms with Gasteiger partial charge in [-0.1, -0.05) is 0 Å². The van der Waals surface area contributed by atoms with Crippen LogP contribution in [-0.4, -0.2) is 53.3 Å². The number of hydrogen-bond donors (Lipinski definition) is 1. The molecule has 1 aromatic heterocycles. The summed E-state index contributed by atoms with van der Waals surface area (Å²) in [5.41, 5.74) is 5.57. The average molecular weight is 293 g/mol. The lowest BCUT2D eigenvalue weighted by Gasteiger charge is -2.37. The van der Waals surface area contributed by atoms with Crippen molar-refractivity contribution < 1.29 is 14.0 Å². The molecule has 1 aliphatic rings. The number of piperazine rings is 1. The van der Waals surface area contributed by atoms with Crippen LogP contribution >= 0.6 is 0 Å². The van der Waals surface area contributed by atoms with Gasteiger partial charge in [-0.05, 0) is 33.8 Å². The maximum Gasteiger partial charge on any atom is 0.257 e. The molecule has 1 aromatic rings. The number of amides is 2. The van der Waals surface area contributed by atoms with E-state index in [1.54, 1.807) is 36.6 Å². The maximum absolute atomic E-state index is 12.4. The molecule has 0 radical (unpaired) electrons. The third-order valence-corrected chi connectivity index (χ3v) is 3.68. The lowest BCUT2D eigenvalue weighted by Crippen LogP contribution is -2.57. The highest BCUT2D eigenvalue weighted by Gasteiger charge is 2.32. The molecule has 0 unspecified atom stereocenters. The van der Waals surface area contributed by atoms with Crippen LogP contribution in [0, 0.1) is 13.8 Å². The Morgan fingerprint density at radius 1 is 1.14 bits per heavy atom. The Hall–Kier alpha value is -1.82. The highest BCUT2D eigenvalue weighted by molar-refractivity contribution is 5.95. The van der Waals surface area contributed by atoms with Gasteiger partial charge in [0.25, 0.3) is 5.91 Å². The number of aryl methyl sites for hydroxylation is 2. The molecule has 0 atom stereocenters. The van der Waals surface area contributed by atoms with Gasteiger partial charge >= 0.3 is 0 Å². The van der Waals surface area contributed by atoms with Gasteiger partial charge < -0.3 is 20.0 Å². The molecule has 0 saturated carbocycles. The minimum atomic E-state index is -0.871. The van der Waals surface area contributed by atoms with Crippen LogP contribution < -0.4 is 5.73 Å². The van der Waals surface area contributed by atoms with Gasteiger partial charge in [-0.25, -0.2) is 0 Å².